The average Bonchev–Trinajstić information content (AvgIpc) is 2.19. The predicted molar refractivity (Wildman–Crippen MR) is 67.0 cm³/mol. The van der Waals surface area contributed by atoms with Gasteiger partial charge in [0.1, 0.15) is 0 Å². The number of halogens is 2. The normalized spacial score (nSPS) is 11.2. The first-order chi connectivity index (χ1) is 7.34. The van der Waals surface area contributed by atoms with Gasteiger partial charge in [0.2, 0.25) is 5.91 Å². The van der Waals surface area contributed by atoms with Gasteiger partial charge in [0, 0.05) is 6.26 Å². The SMILES string of the molecule is CS(=O)(=O)c1ccc(Cl)c(NC(=O)CBr)c1. The highest BCUT2D eigenvalue weighted by molar-refractivity contribution is 9.09. The van der Waals surface area contributed by atoms with E-state index in [-0.39, 0.29) is 21.8 Å². The third-order valence-electron chi connectivity index (χ3n) is 1.76. The molecule has 0 aliphatic heterocycles. The molecule has 0 aliphatic rings. The van der Waals surface area contributed by atoms with Crippen molar-refractivity contribution < 1.29 is 13.2 Å². The Bertz CT molecular complexity index is 515. The number of amides is 1. The van der Waals surface area contributed by atoms with Crippen molar-refractivity contribution in [2.24, 2.45) is 0 Å². The number of nitrogens with one attached hydrogen (secondary N) is 1. The fraction of sp³-hybridized carbons (Fsp3) is 0.222. The fourth-order valence-corrected chi connectivity index (χ4v) is 1.97. The number of alkyl halides is 1. The molecule has 0 aliphatic carbocycles. The van der Waals surface area contributed by atoms with E-state index in [9.17, 15) is 13.2 Å². The third kappa shape index (κ3) is 3.47. The van der Waals surface area contributed by atoms with E-state index in [4.69, 9.17) is 11.6 Å². The van der Waals surface area contributed by atoms with Gasteiger partial charge in [-0.25, -0.2) is 8.42 Å². The molecule has 1 aromatic carbocycles. The van der Waals surface area contributed by atoms with Crippen LogP contribution in [-0.4, -0.2) is 25.9 Å². The Hall–Kier alpha value is -0.590. The van der Waals surface area contributed by atoms with Gasteiger partial charge in [-0.2, -0.15) is 0 Å². The van der Waals surface area contributed by atoms with Crippen LogP contribution in [-0.2, 0) is 14.6 Å². The van der Waals surface area contributed by atoms with Crippen LogP contribution in [0.5, 0.6) is 0 Å². The Kier molecular flexibility index (Phi) is 4.35. The molecule has 0 spiro atoms. The molecular formula is C9H9BrClNO3S. The summed E-state index contributed by atoms with van der Waals surface area (Å²) in [5.74, 6) is -0.299. The van der Waals surface area contributed by atoms with Crippen LogP contribution in [0, 0.1) is 0 Å². The number of anilines is 1. The van der Waals surface area contributed by atoms with Crippen LogP contribution in [0.25, 0.3) is 0 Å². The number of hydrogen-bond donors (Lipinski definition) is 1. The van der Waals surface area contributed by atoms with Crippen molar-refractivity contribution in [3.8, 4) is 0 Å². The average molecular weight is 327 g/mol. The van der Waals surface area contributed by atoms with Crippen molar-refractivity contribution in [2.45, 2.75) is 4.90 Å². The number of carbonyl (C=O) groups excluding carboxylic acids is 1. The van der Waals surface area contributed by atoms with Crippen LogP contribution < -0.4 is 5.32 Å². The molecule has 16 heavy (non-hydrogen) atoms. The van der Waals surface area contributed by atoms with Crippen LogP contribution in [0.1, 0.15) is 0 Å². The molecule has 0 saturated carbocycles. The van der Waals surface area contributed by atoms with Gasteiger partial charge < -0.3 is 5.32 Å². The molecule has 4 nitrogen and oxygen atoms in total. The van der Waals surface area contributed by atoms with Crippen molar-refractivity contribution >= 4 is 49.0 Å². The Morgan fingerprint density at radius 3 is 2.62 bits per heavy atom. The summed E-state index contributed by atoms with van der Waals surface area (Å²) in [5, 5.41) is 2.90. The zero-order valence-corrected chi connectivity index (χ0v) is 11.5. The lowest BCUT2D eigenvalue weighted by Gasteiger charge is -2.07. The second-order valence-electron chi connectivity index (χ2n) is 3.10. The van der Waals surface area contributed by atoms with Gasteiger partial charge in [-0.05, 0) is 18.2 Å². The molecule has 0 fully saturated rings. The van der Waals surface area contributed by atoms with Crippen LogP contribution in [0.4, 0.5) is 5.69 Å². The summed E-state index contributed by atoms with van der Waals surface area (Å²) in [6.07, 6.45) is 1.09. The van der Waals surface area contributed by atoms with E-state index in [1.807, 2.05) is 0 Å². The summed E-state index contributed by atoms with van der Waals surface area (Å²) in [5.41, 5.74) is 0.286. The summed E-state index contributed by atoms with van der Waals surface area (Å²) in [4.78, 5) is 11.2. The largest absolute Gasteiger partial charge is 0.324 e. The van der Waals surface area contributed by atoms with Crippen molar-refractivity contribution in [1.82, 2.24) is 0 Å². The molecule has 0 radical (unpaired) electrons. The second-order valence-corrected chi connectivity index (χ2v) is 6.08. The van der Waals surface area contributed by atoms with Gasteiger partial charge in [-0.1, -0.05) is 27.5 Å². The lowest BCUT2D eigenvalue weighted by molar-refractivity contribution is -0.113. The minimum Gasteiger partial charge on any atom is -0.324 e. The summed E-state index contributed by atoms with van der Waals surface area (Å²) < 4.78 is 22.6. The van der Waals surface area contributed by atoms with Crippen molar-refractivity contribution in [3.63, 3.8) is 0 Å². The lowest BCUT2D eigenvalue weighted by Crippen LogP contribution is -2.13. The summed E-state index contributed by atoms with van der Waals surface area (Å²) >= 11 is 8.80. The Morgan fingerprint density at radius 2 is 2.12 bits per heavy atom. The van der Waals surface area contributed by atoms with E-state index in [0.717, 1.165) is 6.26 Å². The van der Waals surface area contributed by atoms with E-state index in [1.165, 1.54) is 18.2 Å². The minimum absolute atomic E-state index is 0.113. The van der Waals surface area contributed by atoms with E-state index in [2.05, 4.69) is 21.2 Å². The van der Waals surface area contributed by atoms with Gasteiger partial charge in [0.15, 0.2) is 9.84 Å². The van der Waals surface area contributed by atoms with E-state index >= 15 is 0 Å². The molecule has 1 aromatic rings. The Labute approximate surface area is 107 Å². The maximum absolute atomic E-state index is 11.3. The van der Waals surface area contributed by atoms with Gasteiger partial charge >= 0.3 is 0 Å². The molecule has 0 heterocycles. The molecule has 1 amide bonds. The summed E-state index contributed by atoms with van der Waals surface area (Å²) in [7, 11) is -3.31. The second kappa shape index (κ2) is 5.16. The minimum atomic E-state index is -3.31. The number of hydrogen-bond acceptors (Lipinski definition) is 3. The predicted octanol–water partition coefficient (Wildman–Crippen LogP) is 2.08. The molecule has 1 N–H and O–H groups in total. The third-order valence-corrected chi connectivity index (χ3v) is 3.71. The first kappa shape index (κ1) is 13.5. The first-order valence-corrected chi connectivity index (χ1v) is 7.59. The van der Waals surface area contributed by atoms with Crippen molar-refractivity contribution in [1.29, 1.82) is 0 Å². The summed E-state index contributed by atoms with van der Waals surface area (Å²) in [6, 6.07) is 4.15. The molecule has 0 atom stereocenters. The fourth-order valence-electron chi connectivity index (χ4n) is 1.01. The highest BCUT2D eigenvalue weighted by atomic mass is 79.9. The maximum atomic E-state index is 11.3. The zero-order chi connectivity index (χ0) is 12.3. The summed E-state index contributed by atoms with van der Waals surface area (Å²) in [6.45, 7) is 0. The monoisotopic (exact) mass is 325 g/mol. The molecule has 0 saturated heterocycles. The van der Waals surface area contributed by atoms with Gasteiger partial charge in [0.25, 0.3) is 0 Å². The highest BCUT2D eigenvalue weighted by Gasteiger charge is 2.11. The van der Waals surface area contributed by atoms with Gasteiger partial charge in [-0.3, -0.25) is 4.79 Å². The number of carbonyl (C=O) groups is 1. The first-order valence-electron chi connectivity index (χ1n) is 4.20. The van der Waals surface area contributed by atoms with Crippen molar-refractivity contribution in [3.05, 3.63) is 23.2 Å². The number of benzene rings is 1. The lowest BCUT2D eigenvalue weighted by atomic mass is 10.3. The van der Waals surface area contributed by atoms with Crippen LogP contribution in [0.2, 0.25) is 5.02 Å². The van der Waals surface area contributed by atoms with Crippen molar-refractivity contribution in [2.75, 3.05) is 16.9 Å². The number of sulfone groups is 1. The molecule has 7 heteroatoms. The Balaban J connectivity index is 3.14. The van der Waals surface area contributed by atoms with Gasteiger partial charge in [-0.15, -0.1) is 0 Å². The molecule has 0 aromatic heterocycles. The molecule has 0 bridgehead atoms. The molecule has 1 rings (SSSR count). The maximum Gasteiger partial charge on any atom is 0.235 e. The Morgan fingerprint density at radius 1 is 1.50 bits per heavy atom. The number of rotatable bonds is 3. The zero-order valence-electron chi connectivity index (χ0n) is 8.33. The molecular weight excluding hydrogens is 318 g/mol. The van der Waals surface area contributed by atoms with E-state index < -0.39 is 9.84 Å². The van der Waals surface area contributed by atoms with E-state index in [1.54, 1.807) is 0 Å². The standard InChI is InChI=1S/C9H9BrClNO3S/c1-16(14,15)6-2-3-7(11)8(4-6)12-9(13)5-10/h2-4H,5H2,1H3,(H,12,13). The molecule has 0 unspecified atom stereocenters. The van der Waals surface area contributed by atoms with E-state index in [0.29, 0.717) is 5.02 Å². The van der Waals surface area contributed by atoms with Crippen LogP contribution >= 0.6 is 27.5 Å². The van der Waals surface area contributed by atoms with Gasteiger partial charge in [0.05, 0.1) is 20.9 Å². The highest BCUT2D eigenvalue weighted by Crippen LogP contribution is 2.25. The smallest absolute Gasteiger partial charge is 0.235 e. The molecule has 88 valence electrons. The van der Waals surface area contributed by atoms with Crippen LogP contribution in [0.15, 0.2) is 23.1 Å². The quantitative estimate of drug-likeness (QED) is 0.865. The topological polar surface area (TPSA) is 63.2 Å². The van der Waals surface area contributed by atoms with Crippen LogP contribution in [0.3, 0.4) is 0 Å².